The van der Waals surface area contributed by atoms with Crippen LogP contribution >= 0.6 is 22.9 Å². The van der Waals surface area contributed by atoms with Crippen LogP contribution < -0.4 is 5.32 Å². The zero-order valence-corrected chi connectivity index (χ0v) is 14.2. The van der Waals surface area contributed by atoms with E-state index in [4.69, 9.17) is 11.6 Å². The fourth-order valence-corrected chi connectivity index (χ4v) is 3.99. The number of amides is 1. The van der Waals surface area contributed by atoms with E-state index < -0.39 is 10.8 Å². The van der Waals surface area contributed by atoms with Crippen molar-refractivity contribution in [1.82, 2.24) is 4.98 Å². The molecule has 1 aliphatic rings. The fraction of sp³-hybridized carbons (Fsp3) is 0.0588. The number of fused-ring (bicyclic) bond motifs is 3. The number of hydrogen-bond acceptors (Lipinski definition) is 5. The van der Waals surface area contributed by atoms with Gasteiger partial charge in [-0.1, -0.05) is 35.9 Å². The lowest BCUT2D eigenvalue weighted by Crippen LogP contribution is -2.13. The molecule has 0 saturated heterocycles. The highest BCUT2D eigenvalue weighted by molar-refractivity contribution is 7.16. The number of thiazole rings is 1. The summed E-state index contributed by atoms with van der Waals surface area (Å²) < 4.78 is 0. The van der Waals surface area contributed by atoms with Crippen LogP contribution in [-0.2, 0) is 6.42 Å². The molecule has 0 radical (unpaired) electrons. The quantitative estimate of drug-likeness (QED) is 0.423. The maximum absolute atomic E-state index is 12.5. The topological polar surface area (TPSA) is 85.1 Å². The molecule has 25 heavy (non-hydrogen) atoms. The summed E-state index contributed by atoms with van der Waals surface area (Å²) in [5.41, 5.74) is 2.74. The van der Waals surface area contributed by atoms with Gasteiger partial charge in [0.15, 0.2) is 5.13 Å². The minimum atomic E-state index is -0.608. The molecular formula is C17H10ClN3O3S. The summed E-state index contributed by atoms with van der Waals surface area (Å²) in [6.07, 6.45) is 0.774. The van der Waals surface area contributed by atoms with Gasteiger partial charge in [-0.05, 0) is 17.7 Å². The molecule has 0 spiro atoms. The SMILES string of the molecule is O=C(Nc1nc2c(s1)Cc1ccccc1-2)c1cc(Cl)ccc1[N+](=O)[O-]. The molecule has 6 nitrogen and oxygen atoms in total. The molecule has 0 unspecified atom stereocenters. The first-order valence-corrected chi connectivity index (χ1v) is 8.55. The molecular weight excluding hydrogens is 362 g/mol. The number of benzene rings is 2. The van der Waals surface area contributed by atoms with Crippen LogP contribution in [-0.4, -0.2) is 15.8 Å². The second-order valence-electron chi connectivity index (χ2n) is 5.50. The number of aromatic nitrogens is 1. The summed E-state index contributed by atoms with van der Waals surface area (Å²) in [7, 11) is 0. The Morgan fingerprint density at radius 3 is 2.88 bits per heavy atom. The van der Waals surface area contributed by atoms with E-state index in [9.17, 15) is 14.9 Å². The molecule has 1 amide bonds. The fourth-order valence-electron chi connectivity index (χ4n) is 2.83. The van der Waals surface area contributed by atoms with Crippen molar-refractivity contribution in [2.75, 3.05) is 5.32 Å². The van der Waals surface area contributed by atoms with Crippen LogP contribution in [0.2, 0.25) is 5.02 Å². The standard InChI is InChI=1S/C17H10ClN3O3S/c18-10-5-6-13(21(23)24)12(8-10)16(22)20-17-19-15-11-4-2-1-3-9(11)7-14(15)25-17/h1-6,8H,7H2,(H,19,20,22). The number of nitro groups is 1. The third kappa shape index (κ3) is 2.77. The van der Waals surface area contributed by atoms with Crippen molar-refractivity contribution in [3.8, 4) is 11.3 Å². The van der Waals surface area contributed by atoms with Crippen molar-refractivity contribution in [2.24, 2.45) is 0 Å². The molecule has 2 aromatic carbocycles. The molecule has 0 aliphatic heterocycles. The van der Waals surface area contributed by atoms with Gasteiger partial charge >= 0.3 is 0 Å². The van der Waals surface area contributed by atoms with Crippen molar-refractivity contribution in [3.05, 3.63) is 73.6 Å². The predicted molar refractivity (Wildman–Crippen MR) is 96.4 cm³/mol. The van der Waals surface area contributed by atoms with Crippen LogP contribution in [0, 0.1) is 10.1 Å². The highest BCUT2D eigenvalue weighted by Crippen LogP contribution is 2.41. The van der Waals surface area contributed by atoms with Gasteiger partial charge in [-0.2, -0.15) is 0 Å². The summed E-state index contributed by atoms with van der Waals surface area (Å²) in [5.74, 6) is -0.602. The van der Waals surface area contributed by atoms with Crippen LogP contribution in [0.1, 0.15) is 20.8 Å². The van der Waals surface area contributed by atoms with Gasteiger partial charge in [-0.25, -0.2) is 4.98 Å². The molecule has 0 saturated carbocycles. The lowest BCUT2D eigenvalue weighted by atomic mass is 10.1. The Morgan fingerprint density at radius 2 is 2.08 bits per heavy atom. The van der Waals surface area contributed by atoms with Crippen molar-refractivity contribution >= 4 is 39.7 Å². The summed E-state index contributed by atoms with van der Waals surface area (Å²) >= 11 is 7.24. The minimum Gasteiger partial charge on any atom is -0.298 e. The van der Waals surface area contributed by atoms with Crippen LogP contribution in [0.5, 0.6) is 0 Å². The van der Waals surface area contributed by atoms with Gasteiger partial charge < -0.3 is 0 Å². The van der Waals surface area contributed by atoms with Crippen molar-refractivity contribution in [1.29, 1.82) is 0 Å². The molecule has 1 heterocycles. The number of rotatable bonds is 3. The third-order valence-electron chi connectivity index (χ3n) is 3.94. The lowest BCUT2D eigenvalue weighted by molar-refractivity contribution is -0.385. The van der Waals surface area contributed by atoms with Gasteiger partial charge in [0.2, 0.25) is 0 Å². The molecule has 0 atom stereocenters. The first kappa shape index (κ1) is 15.7. The first-order valence-electron chi connectivity index (χ1n) is 7.36. The molecule has 1 aromatic heterocycles. The zero-order chi connectivity index (χ0) is 17.6. The Labute approximate surface area is 151 Å². The van der Waals surface area contributed by atoms with Gasteiger partial charge in [-0.15, -0.1) is 11.3 Å². The summed E-state index contributed by atoms with van der Waals surface area (Å²) in [5, 5.41) is 14.4. The molecule has 1 aliphatic carbocycles. The van der Waals surface area contributed by atoms with Crippen LogP contribution in [0.25, 0.3) is 11.3 Å². The molecule has 0 fully saturated rings. The summed E-state index contributed by atoms with van der Waals surface area (Å²) in [6.45, 7) is 0. The molecule has 3 aromatic rings. The van der Waals surface area contributed by atoms with E-state index in [1.54, 1.807) is 0 Å². The van der Waals surface area contributed by atoms with Crippen molar-refractivity contribution in [3.63, 3.8) is 0 Å². The highest BCUT2D eigenvalue weighted by atomic mass is 35.5. The predicted octanol–water partition coefficient (Wildman–Crippen LogP) is 4.53. The zero-order valence-electron chi connectivity index (χ0n) is 12.7. The molecule has 4 rings (SSSR count). The number of hydrogen-bond donors (Lipinski definition) is 1. The van der Waals surface area contributed by atoms with E-state index >= 15 is 0 Å². The molecule has 124 valence electrons. The lowest BCUT2D eigenvalue weighted by Gasteiger charge is -2.04. The van der Waals surface area contributed by atoms with E-state index in [-0.39, 0.29) is 16.3 Å². The van der Waals surface area contributed by atoms with E-state index in [1.807, 2.05) is 18.2 Å². The number of nitrogens with one attached hydrogen (secondary N) is 1. The van der Waals surface area contributed by atoms with E-state index in [1.165, 1.54) is 35.1 Å². The van der Waals surface area contributed by atoms with E-state index in [0.29, 0.717) is 5.13 Å². The normalized spacial score (nSPS) is 11.7. The molecule has 0 bridgehead atoms. The highest BCUT2D eigenvalue weighted by Gasteiger charge is 2.25. The Bertz CT molecular complexity index is 1030. The van der Waals surface area contributed by atoms with Gasteiger partial charge in [0, 0.05) is 28.0 Å². The van der Waals surface area contributed by atoms with Crippen molar-refractivity contribution < 1.29 is 9.72 Å². The number of halogens is 1. The average Bonchev–Trinajstić information content (AvgIpc) is 3.11. The maximum Gasteiger partial charge on any atom is 0.282 e. The Kier molecular flexibility index (Phi) is 3.74. The maximum atomic E-state index is 12.5. The van der Waals surface area contributed by atoms with Crippen LogP contribution in [0.15, 0.2) is 42.5 Å². The number of carbonyl (C=O) groups excluding carboxylic acids is 1. The second kappa shape index (κ2) is 5.94. The van der Waals surface area contributed by atoms with Crippen molar-refractivity contribution in [2.45, 2.75) is 6.42 Å². The largest absolute Gasteiger partial charge is 0.298 e. The second-order valence-corrected chi connectivity index (χ2v) is 7.02. The monoisotopic (exact) mass is 371 g/mol. The first-order chi connectivity index (χ1) is 12.0. The van der Waals surface area contributed by atoms with Gasteiger partial charge in [0.25, 0.3) is 11.6 Å². The van der Waals surface area contributed by atoms with E-state index in [0.717, 1.165) is 22.6 Å². The van der Waals surface area contributed by atoms with E-state index in [2.05, 4.69) is 16.4 Å². The Morgan fingerprint density at radius 1 is 1.28 bits per heavy atom. The summed E-state index contributed by atoms with van der Waals surface area (Å²) in [6, 6.07) is 11.9. The Hall–Kier alpha value is -2.77. The minimum absolute atomic E-state index is 0.0896. The number of nitrogens with zero attached hydrogens (tertiary/aromatic N) is 2. The number of nitro benzene ring substituents is 1. The van der Waals surface area contributed by atoms with Crippen LogP contribution in [0.3, 0.4) is 0 Å². The van der Waals surface area contributed by atoms with Gasteiger partial charge in [-0.3, -0.25) is 20.2 Å². The third-order valence-corrected chi connectivity index (χ3v) is 5.15. The average molecular weight is 372 g/mol. The van der Waals surface area contributed by atoms with Gasteiger partial charge in [0.1, 0.15) is 5.56 Å². The number of anilines is 1. The van der Waals surface area contributed by atoms with Gasteiger partial charge in [0.05, 0.1) is 10.6 Å². The smallest absolute Gasteiger partial charge is 0.282 e. The van der Waals surface area contributed by atoms with Crippen LogP contribution in [0.4, 0.5) is 10.8 Å². The molecule has 1 N–H and O–H groups in total. The summed E-state index contributed by atoms with van der Waals surface area (Å²) in [4.78, 5) is 28.5. The molecule has 8 heteroatoms. The Balaban J connectivity index is 1.64. The number of carbonyl (C=O) groups is 1.